The SMILES string of the molecule is N=C(NCCCCCCN)NC(=N)NCCCCCCCN. The zero-order chi connectivity index (χ0) is 16.5. The van der Waals surface area contributed by atoms with Crippen LogP contribution >= 0.6 is 0 Å². The van der Waals surface area contributed by atoms with Gasteiger partial charge in [-0.15, -0.1) is 0 Å². The largest absolute Gasteiger partial charge is 0.356 e. The van der Waals surface area contributed by atoms with Crippen LogP contribution in [0.15, 0.2) is 0 Å². The molecular weight excluding hydrogens is 278 g/mol. The molecule has 0 atom stereocenters. The maximum absolute atomic E-state index is 7.70. The molecule has 130 valence electrons. The van der Waals surface area contributed by atoms with Crippen LogP contribution in [0.25, 0.3) is 0 Å². The summed E-state index contributed by atoms with van der Waals surface area (Å²) in [7, 11) is 0. The number of hydrogen-bond acceptors (Lipinski definition) is 4. The zero-order valence-corrected chi connectivity index (χ0v) is 13.8. The fraction of sp³-hybridized carbons (Fsp3) is 0.867. The van der Waals surface area contributed by atoms with Crippen molar-refractivity contribution in [3.05, 3.63) is 0 Å². The van der Waals surface area contributed by atoms with Crippen molar-refractivity contribution in [1.82, 2.24) is 16.0 Å². The second-order valence-corrected chi connectivity index (χ2v) is 5.49. The van der Waals surface area contributed by atoms with E-state index < -0.39 is 0 Å². The molecular formula is C15H35N7. The third-order valence-electron chi connectivity index (χ3n) is 3.37. The van der Waals surface area contributed by atoms with Crippen LogP contribution in [-0.2, 0) is 0 Å². The van der Waals surface area contributed by atoms with Crippen molar-refractivity contribution in [1.29, 1.82) is 10.8 Å². The molecule has 0 saturated heterocycles. The molecule has 9 N–H and O–H groups in total. The molecule has 0 bridgehead atoms. The quantitative estimate of drug-likeness (QED) is 0.155. The fourth-order valence-electron chi connectivity index (χ4n) is 2.06. The van der Waals surface area contributed by atoms with Crippen molar-refractivity contribution in [2.75, 3.05) is 26.2 Å². The monoisotopic (exact) mass is 313 g/mol. The van der Waals surface area contributed by atoms with Crippen LogP contribution in [0, 0.1) is 10.8 Å². The minimum atomic E-state index is 0.180. The molecule has 0 saturated carbocycles. The van der Waals surface area contributed by atoms with Gasteiger partial charge in [-0.2, -0.15) is 0 Å². The first-order chi connectivity index (χ1) is 10.7. The molecule has 0 spiro atoms. The first kappa shape index (κ1) is 20.7. The molecule has 0 aliphatic heterocycles. The summed E-state index contributed by atoms with van der Waals surface area (Å²) >= 11 is 0. The lowest BCUT2D eigenvalue weighted by Gasteiger charge is -2.12. The third-order valence-corrected chi connectivity index (χ3v) is 3.37. The molecule has 0 aliphatic carbocycles. The molecule has 0 aromatic heterocycles. The van der Waals surface area contributed by atoms with Crippen LogP contribution in [0.5, 0.6) is 0 Å². The molecule has 7 nitrogen and oxygen atoms in total. The Morgan fingerprint density at radius 2 is 0.955 bits per heavy atom. The summed E-state index contributed by atoms with van der Waals surface area (Å²) in [5.41, 5.74) is 10.9. The lowest BCUT2D eigenvalue weighted by molar-refractivity contribution is 0.609. The second kappa shape index (κ2) is 16.0. The molecule has 0 aromatic rings. The van der Waals surface area contributed by atoms with Gasteiger partial charge < -0.3 is 22.1 Å². The van der Waals surface area contributed by atoms with Crippen LogP contribution in [0.1, 0.15) is 57.8 Å². The summed E-state index contributed by atoms with van der Waals surface area (Å²) in [5, 5.41) is 24.0. The van der Waals surface area contributed by atoms with Crippen molar-refractivity contribution in [3.63, 3.8) is 0 Å². The van der Waals surface area contributed by atoms with E-state index in [1.807, 2.05) is 0 Å². The van der Waals surface area contributed by atoms with Gasteiger partial charge in [0.05, 0.1) is 0 Å². The van der Waals surface area contributed by atoms with Crippen LogP contribution in [0.4, 0.5) is 0 Å². The Hall–Kier alpha value is -1.34. The van der Waals surface area contributed by atoms with Crippen molar-refractivity contribution in [2.45, 2.75) is 57.8 Å². The third kappa shape index (κ3) is 15.1. The highest BCUT2D eigenvalue weighted by atomic mass is 15.2. The Morgan fingerprint density at radius 3 is 1.36 bits per heavy atom. The zero-order valence-electron chi connectivity index (χ0n) is 13.8. The highest BCUT2D eigenvalue weighted by molar-refractivity contribution is 5.95. The lowest BCUT2D eigenvalue weighted by atomic mass is 10.1. The van der Waals surface area contributed by atoms with E-state index in [1.54, 1.807) is 0 Å². The smallest absolute Gasteiger partial charge is 0.195 e. The average molecular weight is 313 g/mol. The first-order valence-corrected chi connectivity index (χ1v) is 8.52. The van der Waals surface area contributed by atoms with Gasteiger partial charge in [-0.1, -0.05) is 32.1 Å². The molecule has 0 radical (unpaired) electrons. The molecule has 0 amide bonds. The highest BCUT2D eigenvalue weighted by Crippen LogP contribution is 2.00. The van der Waals surface area contributed by atoms with Gasteiger partial charge in [-0.25, -0.2) is 0 Å². The van der Waals surface area contributed by atoms with E-state index in [0.717, 1.165) is 71.1 Å². The summed E-state index contributed by atoms with van der Waals surface area (Å²) in [6.07, 6.45) is 10.0. The summed E-state index contributed by atoms with van der Waals surface area (Å²) in [6.45, 7) is 3.04. The Labute approximate surface area is 135 Å². The minimum Gasteiger partial charge on any atom is -0.356 e. The molecule has 0 aromatic carbocycles. The summed E-state index contributed by atoms with van der Waals surface area (Å²) in [4.78, 5) is 0. The van der Waals surface area contributed by atoms with Gasteiger partial charge >= 0.3 is 0 Å². The molecule has 0 unspecified atom stereocenters. The summed E-state index contributed by atoms with van der Waals surface area (Å²) < 4.78 is 0. The number of unbranched alkanes of at least 4 members (excludes halogenated alkanes) is 7. The summed E-state index contributed by atoms with van der Waals surface area (Å²) in [6, 6.07) is 0. The topological polar surface area (TPSA) is 136 Å². The lowest BCUT2D eigenvalue weighted by Crippen LogP contribution is -2.46. The average Bonchev–Trinajstić information content (AvgIpc) is 2.50. The van der Waals surface area contributed by atoms with E-state index >= 15 is 0 Å². The molecule has 0 rings (SSSR count). The normalized spacial score (nSPS) is 10.3. The van der Waals surface area contributed by atoms with E-state index in [4.69, 9.17) is 22.3 Å². The van der Waals surface area contributed by atoms with Crippen LogP contribution in [0.3, 0.4) is 0 Å². The van der Waals surface area contributed by atoms with Crippen molar-refractivity contribution in [2.24, 2.45) is 11.5 Å². The van der Waals surface area contributed by atoms with Gasteiger partial charge in [-0.05, 0) is 38.8 Å². The maximum atomic E-state index is 7.70. The molecule has 22 heavy (non-hydrogen) atoms. The number of nitrogens with one attached hydrogen (secondary N) is 5. The van der Waals surface area contributed by atoms with E-state index in [0.29, 0.717) is 0 Å². The Kier molecular flexibility index (Phi) is 15.1. The predicted octanol–water partition coefficient (Wildman–Crippen LogP) is 1.05. The first-order valence-electron chi connectivity index (χ1n) is 8.52. The van der Waals surface area contributed by atoms with Crippen molar-refractivity contribution < 1.29 is 0 Å². The second-order valence-electron chi connectivity index (χ2n) is 5.49. The molecule has 7 heteroatoms. The maximum Gasteiger partial charge on any atom is 0.195 e. The van der Waals surface area contributed by atoms with Crippen molar-refractivity contribution in [3.8, 4) is 0 Å². The van der Waals surface area contributed by atoms with Gasteiger partial charge in [0.1, 0.15) is 0 Å². The Morgan fingerprint density at radius 1 is 0.591 bits per heavy atom. The number of nitrogens with two attached hydrogens (primary N) is 2. The minimum absolute atomic E-state index is 0.180. The predicted molar refractivity (Wildman–Crippen MR) is 94.3 cm³/mol. The van der Waals surface area contributed by atoms with Gasteiger partial charge in [0, 0.05) is 13.1 Å². The standard InChI is InChI=1S/C15H35N7/c16-10-6-2-1-4-8-12-20-14(18)22-15(19)21-13-9-5-3-7-11-17/h1-13,16-17H2,(H5,18,19,20,21,22). The van der Waals surface area contributed by atoms with E-state index in [2.05, 4.69) is 16.0 Å². The van der Waals surface area contributed by atoms with Crippen LogP contribution in [-0.4, -0.2) is 38.1 Å². The van der Waals surface area contributed by atoms with Gasteiger partial charge in [0.2, 0.25) is 0 Å². The number of rotatable bonds is 13. The van der Waals surface area contributed by atoms with E-state index in [9.17, 15) is 0 Å². The van der Waals surface area contributed by atoms with Crippen LogP contribution in [0.2, 0.25) is 0 Å². The van der Waals surface area contributed by atoms with E-state index in [1.165, 1.54) is 12.8 Å². The Bertz CT molecular complexity index is 281. The van der Waals surface area contributed by atoms with Gasteiger partial charge in [0.25, 0.3) is 0 Å². The Balaban J connectivity index is 3.37. The molecule has 0 heterocycles. The van der Waals surface area contributed by atoms with Gasteiger partial charge in [0.15, 0.2) is 11.9 Å². The van der Waals surface area contributed by atoms with E-state index in [-0.39, 0.29) is 11.9 Å². The number of guanidine groups is 2. The molecule has 0 fully saturated rings. The molecule has 0 aliphatic rings. The summed E-state index contributed by atoms with van der Waals surface area (Å²) in [5.74, 6) is 0.363. The van der Waals surface area contributed by atoms with Crippen molar-refractivity contribution >= 4 is 11.9 Å². The van der Waals surface area contributed by atoms with Crippen LogP contribution < -0.4 is 27.4 Å². The fourth-order valence-corrected chi connectivity index (χ4v) is 2.06. The van der Waals surface area contributed by atoms with Gasteiger partial charge in [-0.3, -0.25) is 16.1 Å². The highest BCUT2D eigenvalue weighted by Gasteiger charge is 1.99. The number of hydrogen-bond donors (Lipinski definition) is 7.